The fourth-order valence-corrected chi connectivity index (χ4v) is 7.54. The monoisotopic (exact) mass is 719 g/mol. The molecule has 0 aliphatic carbocycles. The van der Waals surface area contributed by atoms with Crippen LogP contribution < -0.4 is 29.7 Å². The Balaban J connectivity index is 1.38. The number of amides is 1. The number of halogens is 1. The Morgan fingerprint density at radius 2 is 1.81 bits per heavy atom. The van der Waals surface area contributed by atoms with E-state index in [2.05, 4.69) is 27.9 Å². The van der Waals surface area contributed by atoms with Crippen LogP contribution in [-0.2, 0) is 11.4 Å². The number of nitrogens with zero attached hydrogens (tertiary/aromatic N) is 2. The summed E-state index contributed by atoms with van der Waals surface area (Å²) in [6.07, 6.45) is 1.84. The van der Waals surface area contributed by atoms with E-state index in [0.29, 0.717) is 44.4 Å². The fourth-order valence-electron chi connectivity index (χ4n) is 4.89. The third kappa shape index (κ3) is 6.08. The van der Waals surface area contributed by atoms with Crippen LogP contribution in [0.3, 0.4) is 0 Å². The van der Waals surface area contributed by atoms with E-state index in [0.717, 1.165) is 19.6 Å². The summed E-state index contributed by atoms with van der Waals surface area (Å²) >= 11 is 5.03. The molecule has 5 aromatic rings. The molecule has 1 aliphatic rings. The molecule has 1 amide bonds. The lowest BCUT2D eigenvalue weighted by Crippen LogP contribution is -2.40. The van der Waals surface area contributed by atoms with E-state index in [1.165, 1.54) is 22.7 Å². The molecule has 43 heavy (non-hydrogen) atoms. The van der Waals surface area contributed by atoms with Crippen molar-refractivity contribution in [2.75, 3.05) is 12.4 Å². The molecule has 3 heterocycles. The number of thiophene rings is 1. The maximum absolute atomic E-state index is 14.0. The van der Waals surface area contributed by atoms with Crippen LogP contribution in [0.2, 0.25) is 0 Å². The Morgan fingerprint density at radius 1 is 1.07 bits per heavy atom. The number of methoxy groups -OCH3 is 1. The van der Waals surface area contributed by atoms with Gasteiger partial charge in [-0.3, -0.25) is 14.2 Å². The van der Waals surface area contributed by atoms with Gasteiger partial charge in [-0.15, -0.1) is 11.3 Å². The number of hydrogen-bond donors (Lipinski definition) is 1. The largest absolute Gasteiger partial charge is 0.493 e. The summed E-state index contributed by atoms with van der Waals surface area (Å²) in [5.74, 6) is 0.937. The summed E-state index contributed by atoms with van der Waals surface area (Å²) in [7, 11) is 1.60. The number of aromatic nitrogens is 1. The number of para-hydroxylation sites is 1. The second-order valence-electron chi connectivity index (χ2n) is 9.73. The van der Waals surface area contributed by atoms with E-state index in [1.54, 1.807) is 11.7 Å². The van der Waals surface area contributed by atoms with Crippen molar-refractivity contribution >= 4 is 62.9 Å². The van der Waals surface area contributed by atoms with Gasteiger partial charge >= 0.3 is 0 Å². The summed E-state index contributed by atoms with van der Waals surface area (Å²) in [6, 6.07) is 26.3. The Hall–Kier alpha value is -4.00. The summed E-state index contributed by atoms with van der Waals surface area (Å²) in [5, 5.41) is 4.92. The molecule has 0 fully saturated rings. The average Bonchev–Trinajstić information content (AvgIpc) is 3.65. The molecule has 10 heteroatoms. The molecule has 2 aromatic heterocycles. The van der Waals surface area contributed by atoms with Crippen molar-refractivity contribution in [1.82, 2.24) is 4.57 Å². The Morgan fingerprint density at radius 3 is 2.51 bits per heavy atom. The molecule has 0 bridgehead atoms. The molecule has 1 aliphatic heterocycles. The minimum Gasteiger partial charge on any atom is -0.493 e. The highest BCUT2D eigenvalue weighted by atomic mass is 127. The van der Waals surface area contributed by atoms with Gasteiger partial charge < -0.3 is 14.8 Å². The minimum absolute atomic E-state index is 0.210. The van der Waals surface area contributed by atoms with Crippen molar-refractivity contribution in [2.24, 2.45) is 4.99 Å². The summed E-state index contributed by atoms with van der Waals surface area (Å²) in [6.45, 7) is 2.23. The van der Waals surface area contributed by atoms with Gasteiger partial charge in [-0.05, 0) is 82.4 Å². The first-order chi connectivity index (χ1) is 20.9. The SMILES string of the molecule is COc1cc(/C=c2\sc3n(c2=O)C(c2cccs2)C(C(=O)Nc2ccccc2)=C(C)N=3)cc(I)c1OCc1ccccc1. The molecule has 0 spiro atoms. The predicted molar refractivity (Wildman–Crippen MR) is 180 cm³/mol. The number of rotatable bonds is 8. The van der Waals surface area contributed by atoms with Crippen LogP contribution in [0.15, 0.2) is 111 Å². The van der Waals surface area contributed by atoms with Gasteiger partial charge in [0.15, 0.2) is 16.3 Å². The van der Waals surface area contributed by atoms with Gasteiger partial charge in [-0.2, -0.15) is 0 Å². The summed E-state index contributed by atoms with van der Waals surface area (Å²) in [4.78, 5) is 33.8. The normalized spacial score (nSPS) is 14.7. The van der Waals surface area contributed by atoms with Gasteiger partial charge in [0.2, 0.25) is 0 Å². The number of anilines is 1. The van der Waals surface area contributed by atoms with Crippen LogP contribution in [-0.4, -0.2) is 17.6 Å². The minimum atomic E-state index is -0.592. The number of carbonyl (C=O) groups is 1. The number of fused-ring (bicyclic) bond motifs is 1. The van der Waals surface area contributed by atoms with Crippen molar-refractivity contribution < 1.29 is 14.3 Å². The van der Waals surface area contributed by atoms with Gasteiger partial charge in [-0.1, -0.05) is 65.9 Å². The first-order valence-corrected chi connectivity index (χ1v) is 16.2. The maximum atomic E-state index is 14.0. The molecule has 0 radical (unpaired) electrons. The molecule has 0 saturated carbocycles. The van der Waals surface area contributed by atoms with E-state index in [4.69, 9.17) is 14.5 Å². The fraction of sp³-hybridized carbons (Fsp3) is 0.121. The second-order valence-corrected chi connectivity index (χ2v) is 12.9. The van der Waals surface area contributed by atoms with Crippen LogP contribution in [0.1, 0.15) is 29.0 Å². The predicted octanol–water partition coefficient (Wildman–Crippen LogP) is 6.13. The van der Waals surface area contributed by atoms with Gasteiger partial charge in [-0.25, -0.2) is 4.99 Å². The maximum Gasteiger partial charge on any atom is 0.271 e. The quantitative estimate of drug-likeness (QED) is 0.196. The first-order valence-electron chi connectivity index (χ1n) is 13.4. The van der Waals surface area contributed by atoms with Crippen LogP contribution in [0.5, 0.6) is 11.5 Å². The third-order valence-electron chi connectivity index (χ3n) is 6.89. The summed E-state index contributed by atoms with van der Waals surface area (Å²) < 4.78 is 14.8. The van der Waals surface area contributed by atoms with E-state index < -0.39 is 6.04 Å². The number of carbonyl (C=O) groups excluding carboxylic acids is 1. The highest BCUT2D eigenvalue weighted by molar-refractivity contribution is 14.1. The van der Waals surface area contributed by atoms with Gasteiger partial charge in [0.25, 0.3) is 11.5 Å². The van der Waals surface area contributed by atoms with Crippen LogP contribution >= 0.6 is 45.3 Å². The van der Waals surface area contributed by atoms with E-state index >= 15 is 0 Å². The van der Waals surface area contributed by atoms with Gasteiger partial charge in [0.1, 0.15) is 12.6 Å². The van der Waals surface area contributed by atoms with Crippen LogP contribution in [0, 0.1) is 3.57 Å². The number of benzene rings is 3. The van der Waals surface area contributed by atoms with Gasteiger partial charge in [0.05, 0.1) is 26.5 Å². The van der Waals surface area contributed by atoms with Crippen molar-refractivity contribution in [1.29, 1.82) is 0 Å². The molecule has 6 rings (SSSR count). The van der Waals surface area contributed by atoms with E-state index in [9.17, 15) is 9.59 Å². The average molecular weight is 720 g/mol. The lowest BCUT2D eigenvalue weighted by molar-refractivity contribution is -0.113. The van der Waals surface area contributed by atoms with Crippen LogP contribution in [0.4, 0.5) is 5.69 Å². The highest BCUT2D eigenvalue weighted by Crippen LogP contribution is 2.35. The molecule has 0 saturated heterocycles. The Bertz CT molecular complexity index is 2000. The Labute approximate surface area is 269 Å². The van der Waals surface area contributed by atoms with Crippen molar-refractivity contribution in [3.8, 4) is 11.5 Å². The van der Waals surface area contributed by atoms with Crippen molar-refractivity contribution in [2.45, 2.75) is 19.6 Å². The molecular formula is C33H26IN3O4S2. The molecule has 1 atom stereocenters. The zero-order chi connectivity index (χ0) is 29.9. The van der Waals surface area contributed by atoms with Crippen LogP contribution in [0.25, 0.3) is 6.08 Å². The number of allylic oxidation sites excluding steroid dienone is 1. The molecular weight excluding hydrogens is 693 g/mol. The number of hydrogen-bond acceptors (Lipinski definition) is 7. The highest BCUT2D eigenvalue weighted by Gasteiger charge is 2.33. The smallest absolute Gasteiger partial charge is 0.271 e. The summed E-state index contributed by atoms with van der Waals surface area (Å²) in [5.41, 5.74) is 3.34. The second kappa shape index (κ2) is 12.7. The topological polar surface area (TPSA) is 81.9 Å². The van der Waals surface area contributed by atoms with E-state index in [1.807, 2.05) is 103 Å². The van der Waals surface area contributed by atoms with Crippen molar-refractivity contribution in [3.05, 3.63) is 141 Å². The lowest BCUT2D eigenvalue weighted by atomic mass is 10.0. The molecule has 1 unspecified atom stereocenters. The number of thiazole rings is 1. The lowest BCUT2D eigenvalue weighted by Gasteiger charge is -2.24. The standard InChI is InChI=1S/C33H26IN3O4S2/c1-20-28(31(38)36-23-12-7-4-8-13-23)29(26-14-9-15-42-26)37-32(39)27(43-33(37)35-20)18-22-16-24(34)30(25(17-22)40-2)41-19-21-10-5-3-6-11-21/h3-18,29H,19H2,1-2H3,(H,36,38)/b27-18-. The molecule has 1 N–H and O–H groups in total. The number of ether oxygens (including phenoxy) is 2. The third-order valence-corrected chi connectivity index (χ3v) is 9.60. The zero-order valence-corrected chi connectivity index (χ0v) is 27.0. The zero-order valence-electron chi connectivity index (χ0n) is 23.2. The molecule has 7 nitrogen and oxygen atoms in total. The van der Waals surface area contributed by atoms with E-state index in [-0.39, 0.29) is 11.5 Å². The molecule has 216 valence electrons. The van der Waals surface area contributed by atoms with Crippen molar-refractivity contribution in [3.63, 3.8) is 0 Å². The number of nitrogens with one attached hydrogen (secondary N) is 1. The first kappa shape index (κ1) is 29.1. The molecule has 3 aromatic carbocycles. The Kier molecular flexibility index (Phi) is 8.59. The van der Waals surface area contributed by atoms with Gasteiger partial charge in [0, 0.05) is 10.6 Å².